The Labute approximate surface area is 246 Å². The zero-order valence-electron chi connectivity index (χ0n) is 24.2. The standard InChI is InChI=1S/C16H21NO4.C15H18N2O2S/c1-16(2,3)21-15(20)17-8-7-12-11(9-17)5-4-6-13(12)14(19)10-18;1-16-7-11-9-17(10-12(11)8-16)20-13-2-3-14-15(6-13)19-5-4-18-14/h4-6,10,14,19H,7-9H2,1-3H3;2-3,6H,4-5,7-10H2,1H3. The number of aliphatic hydroxyl groups excluding tert-OH is 1. The van der Waals surface area contributed by atoms with Crippen LogP contribution in [-0.2, 0) is 22.5 Å². The van der Waals surface area contributed by atoms with Crippen molar-refractivity contribution in [2.75, 3.05) is 53.0 Å². The van der Waals surface area contributed by atoms with Gasteiger partial charge in [-0.25, -0.2) is 9.10 Å². The van der Waals surface area contributed by atoms with Gasteiger partial charge in [-0.1, -0.05) is 18.2 Å². The van der Waals surface area contributed by atoms with E-state index in [1.165, 1.54) is 4.90 Å². The highest BCUT2D eigenvalue weighted by Crippen LogP contribution is 2.38. The molecule has 0 aliphatic carbocycles. The van der Waals surface area contributed by atoms with Crippen molar-refractivity contribution in [3.63, 3.8) is 0 Å². The summed E-state index contributed by atoms with van der Waals surface area (Å²) in [6, 6.07) is 11.7. The molecule has 4 aliphatic heterocycles. The summed E-state index contributed by atoms with van der Waals surface area (Å²) in [6.07, 6.45) is -0.312. The highest BCUT2D eigenvalue weighted by molar-refractivity contribution is 7.97. The third-order valence-electron chi connectivity index (χ3n) is 7.31. The lowest BCUT2D eigenvalue weighted by molar-refractivity contribution is -0.115. The van der Waals surface area contributed by atoms with Gasteiger partial charge in [-0.05, 0) is 92.2 Å². The first kappa shape index (κ1) is 29.4. The average Bonchev–Trinajstić information content (AvgIpc) is 3.47. The molecule has 0 saturated carbocycles. The molecule has 0 saturated heterocycles. The van der Waals surface area contributed by atoms with Crippen LogP contribution in [0.15, 0.2) is 52.4 Å². The molecular formula is C31H39N3O6S. The van der Waals surface area contributed by atoms with Crippen LogP contribution < -0.4 is 9.47 Å². The third kappa shape index (κ3) is 7.24. The van der Waals surface area contributed by atoms with Crippen LogP contribution in [0.3, 0.4) is 0 Å². The normalized spacial score (nSPS) is 19.2. The third-order valence-corrected chi connectivity index (χ3v) is 8.29. The Bertz CT molecular complexity index is 1310. The zero-order chi connectivity index (χ0) is 29.1. The van der Waals surface area contributed by atoms with Gasteiger partial charge in [0.2, 0.25) is 0 Å². The summed E-state index contributed by atoms with van der Waals surface area (Å²) in [5.74, 6) is 1.74. The number of hydrogen-bond acceptors (Lipinski definition) is 9. The number of aldehydes is 1. The SMILES string of the molecule is CC(C)(C)OC(=O)N1CCc2c(cccc2C(O)C=O)C1.CN1CC2=C(C1)CN(Sc1ccc3c(c1)OCCO3)C2. The predicted molar refractivity (Wildman–Crippen MR) is 157 cm³/mol. The number of fused-ring (bicyclic) bond motifs is 2. The van der Waals surface area contributed by atoms with Crippen molar-refractivity contribution in [3.05, 3.63) is 64.2 Å². The van der Waals surface area contributed by atoms with Gasteiger partial charge in [0, 0.05) is 44.2 Å². The van der Waals surface area contributed by atoms with E-state index in [-0.39, 0.29) is 6.09 Å². The second-order valence-electron chi connectivity index (χ2n) is 11.8. The van der Waals surface area contributed by atoms with E-state index >= 15 is 0 Å². The van der Waals surface area contributed by atoms with Crippen LogP contribution in [0.4, 0.5) is 4.79 Å². The Balaban J connectivity index is 0.000000165. The van der Waals surface area contributed by atoms with Gasteiger partial charge in [0.1, 0.15) is 24.9 Å². The molecule has 0 bridgehead atoms. The van der Waals surface area contributed by atoms with Crippen molar-refractivity contribution in [1.82, 2.24) is 14.1 Å². The number of likely N-dealkylation sites (N-methyl/N-ethyl adjacent to an activating group) is 1. The van der Waals surface area contributed by atoms with E-state index in [4.69, 9.17) is 14.2 Å². The Morgan fingerprint density at radius 3 is 2.41 bits per heavy atom. The Morgan fingerprint density at radius 1 is 1.02 bits per heavy atom. The maximum absolute atomic E-state index is 12.1. The minimum absolute atomic E-state index is 0.338. The van der Waals surface area contributed by atoms with E-state index in [1.54, 1.807) is 28.2 Å². The molecule has 6 rings (SSSR count). The number of aliphatic hydroxyl groups is 1. The number of carbonyl (C=O) groups excluding carboxylic acids is 2. The fourth-order valence-electron chi connectivity index (χ4n) is 5.50. The van der Waals surface area contributed by atoms with Gasteiger partial charge in [-0.15, -0.1) is 0 Å². The van der Waals surface area contributed by atoms with Crippen LogP contribution in [-0.4, -0.2) is 90.2 Å². The van der Waals surface area contributed by atoms with Gasteiger partial charge in [-0.2, -0.15) is 0 Å². The fourth-order valence-corrected chi connectivity index (χ4v) is 6.53. The molecule has 9 nitrogen and oxygen atoms in total. The molecule has 0 radical (unpaired) electrons. The number of amides is 1. The van der Waals surface area contributed by atoms with Crippen molar-refractivity contribution in [1.29, 1.82) is 0 Å². The maximum Gasteiger partial charge on any atom is 0.410 e. The van der Waals surface area contributed by atoms with Crippen LogP contribution >= 0.6 is 11.9 Å². The number of rotatable bonds is 4. The van der Waals surface area contributed by atoms with Gasteiger partial charge in [0.15, 0.2) is 17.8 Å². The van der Waals surface area contributed by atoms with Crippen molar-refractivity contribution in [2.45, 2.75) is 50.3 Å². The monoisotopic (exact) mass is 581 g/mol. The molecule has 41 heavy (non-hydrogen) atoms. The van der Waals surface area contributed by atoms with E-state index < -0.39 is 11.7 Å². The maximum atomic E-state index is 12.1. The molecule has 1 unspecified atom stereocenters. The second-order valence-corrected chi connectivity index (χ2v) is 13.0. The van der Waals surface area contributed by atoms with Gasteiger partial charge >= 0.3 is 6.09 Å². The number of carbonyl (C=O) groups is 2. The van der Waals surface area contributed by atoms with Crippen LogP contribution in [0.25, 0.3) is 0 Å². The Kier molecular flexibility index (Phi) is 8.94. The number of benzene rings is 2. The molecule has 4 heterocycles. The fraction of sp³-hybridized carbons (Fsp3) is 0.484. The van der Waals surface area contributed by atoms with Gasteiger partial charge in [0.05, 0.1) is 0 Å². The summed E-state index contributed by atoms with van der Waals surface area (Å²) in [5.41, 5.74) is 5.23. The zero-order valence-corrected chi connectivity index (χ0v) is 25.0. The van der Waals surface area contributed by atoms with Crippen molar-refractivity contribution in [2.24, 2.45) is 0 Å². The predicted octanol–water partition coefficient (Wildman–Crippen LogP) is 4.23. The highest BCUT2D eigenvalue weighted by Gasteiger charge is 2.29. The Hall–Kier alpha value is -3.05. The first-order valence-electron chi connectivity index (χ1n) is 14.0. The van der Waals surface area contributed by atoms with Crippen molar-refractivity contribution < 1.29 is 28.9 Å². The Morgan fingerprint density at radius 2 is 1.73 bits per heavy atom. The molecule has 2 aromatic rings. The van der Waals surface area contributed by atoms with Gasteiger partial charge in [0.25, 0.3) is 0 Å². The first-order valence-corrected chi connectivity index (χ1v) is 14.8. The van der Waals surface area contributed by atoms with Crippen molar-refractivity contribution in [3.8, 4) is 11.5 Å². The first-order chi connectivity index (χ1) is 19.6. The molecule has 220 valence electrons. The molecule has 1 amide bonds. The van der Waals surface area contributed by atoms with E-state index in [0.29, 0.717) is 44.6 Å². The van der Waals surface area contributed by atoms with E-state index in [1.807, 2.05) is 44.9 Å². The molecule has 0 spiro atoms. The van der Waals surface area contributed by atoms with Crippen LogP contribution in [0, 0.1) is 0 Å². The summed E-state index contributed by atoms with van der Waals surface area (Å²) >= 11 is 1.82. The number of hydrogen-bond donors (Lipinski definition) is 1. The number of ether oxygens (including phenoxy) is 3. The van der Waals surface area contributed by atoms with Crippen LogP contribution in [0.1, 0.15) is 43.6 Å². The van der Waals surface area contributed by atoms with Gasteiger partial charge in [-0.3, -0.25) is 4.90 Å². The lowest BCUT2D eigenvalue weighted by Gasteiger charge is -2.32. The molecular weight excluding hydrogens is 542 g/mol. The number of nitrogens with zero attached hydrogens (tertiary/aromatic N) is 3. The summed E-state index contributed by atoms with van der Waals surface area (Å²) in [6.45, 7) is 12.2. The highest BCUT2D eigenvalue weighted by atomic mass is 32.2. The topological polar surface area (TPSA) is 91.8 Å². The van der Waals surface area contributed by atoms with Crippen LogP contribution in [0.2, 0.25) is 0 Å². The molecule has 0 fully saturated rings. The molecule has 2 aromatic carbocycles. The van der Waals surface area contributed by atoms with Crippen molar-refractivity contribution >= 4 is 24.3 Å². The van der Waals surface area contributed by atoms with E-state index in [9.17, 15) is 14.7 Å². The molecule has 4 aliphatic rings. The summed E-state index contributed by atoms with van der Waals surface area (Å²) in [7, 11) is 2.19. The molecule has 0 aromatic heterocycles. The minimum Gasteiger partial charge on any atom is -0.486 e. The lowest BCUT2D eigenvalue weighted by atomic mass is 9.92. The van der Waals surface area contributed by atoms with Crippen LogP contribution in [0.5, 0.6) is 11.5 Å². The molecule has 10 heteroatoms. The minimum atomic E-state index is -1.10. The quantitative estimate of drug-likeness (QED) is 0.324. The molecule has 1 N–H and O–H groups in total. The summed E-state index contributed by atoms with van der Waals surface area (Å²) in [4.78, 5) is 28.1. The smallest absolute Gasteiger partial charge is 0.410 e. The largest absolute Gasteiger partial charge is 0.486 e. The van der Waals surface area contributed by atoms with E-state index in [0.717, 1.165) is 48.8 Å². The van der Waals surface area contributed by atoms with E-state index in [2.05, 4.69) is 28.4 Å². The average molecular weight is 582 g/mol. The molecule has 1 atom stereocenters. The van der Waals surface area contributed by atoms with Gasteiger partial charge < -0.3 is 29.0 Å². The summed E-state index contributed by atoms with van der Waals surface area (Å²) in [5, 5.41) is 9.74. The second kappa shape index (κ2) is 12.4. The lowest BCUT2D eigenvalue weighted by Crippen LogP contribution is -2.40. The summed E-state index contributed by atoms with van der Waals surface area (Å²) < 4.78 is 19.0.